The topological polar surface area (TPSA) is 55.8 Å². The van der Waals surface area contributed by atoms with E-state index in [9.17, 15) is 18.4 Å². The summed E-state index contributed by atoms with van der Waals surface area (Å²) in [6.45, 7) is 8.21. The van der Waals surface area contributed by atoms with E-state index in [4.69, 9.17) is 9.47 Å². The van der Waals surface area contributed by atoms with Crippen LogP contribution in [0.5, 0.6) is 0 Å². The quantitative estimate of drug-likeness (QED) is 0.732. The van der Waals surface area contributed by atoms with E-state index < -0.39 is 35.7 Å². The van der Waals surface area contributed by atoms with Gasteiger partial charge in [0.1, 0.15) is 12.2 Å². The highest BCUT2D eigenvalue weighted by atomic mass is 19.3. The van der Waals surface area contributed by atoms with Crippen molar-refractivity contribution in [1.29, 1.82) is 0 Å². The number of hydrogen-bond acceptors (Lipinski definition) is 4. The molecule has 1 saturated heterocycles. The van der Waals surface area contributed by atoms with E-state index in [0.29, 0.717) is 12.0 Å². The van der Waals surface area contributed by atoms with Gasteiger partial charge in [0.25, 0.3) is 5.92 Å². The summed E-state index contributed by atoms with van der Waals surface area (Å²) in [6.07, 6.45) is -1.43. The summed E-state index contributed by atoms with van der Waals surface area (Å²) in [5, 5.41) is 0. The third-order valence-corrected chi connectivity index (χ3v) is 4.33. The maximum atomic E-state index is 13.9. The molecule has 150 valence electrons. The Bertz CT molecular complexity index is 680. The summed E-state index contributed by atoms with van der Waals surface area (Å²) in [5.74, 6) is -3.50. The highest BCUT2D eigenvalue weighted by Crippen LogP contribution is 2.28. The summed E-state index contributed by atoms with van der Waals surface area (Å²) in [6, 6.07) is 6.29. The summed E-state index contributed by atoms with van der Waals surface area (Å²) in [5.41, 5.74) is 0.636. The normalized spacial score (nSPS) is 18.0. The predicted molar refractivity (Wildman–Crippen MR) is 96.8 cm³/mol. The third kappa shape index (κ3) is 5.65. The van der Waals surface area contributed by atoms with Gasteiger partial charge in [-0.3, -0.25) is 0 Å². The minimum absolute atomic E-state index is 0.0747. The molecule has 1 aliphatic rings. The lowest BCUT2D eigenvalue weighted by Crippen LogP contribution is -2.43. The molecule has 5 nitrogen and oxygen atoms in total. The highest BCUT2D eigenvalue weighted by Gasteiger charge is 2.40. The molecule has 0 radical (unpaired) electrons. The number of ether oxygens (including phenoxy) is 2. The number of carbonyl (C=O) groups is 2. The first-order valence-electron chi connectivity index (χ1n) is 9.03. The Labute approximate surface area is 158 Å². The van der Waals surface area contributed by atoms with Crippen LogP contribution in [0, 0.1) is 5.92 Å². The number of rotatable bonds is 5. The molecule has 0 aromatic heterocycles. The van der Waals surface area contributed by atoms with Gasteiger partial charge in [-0.1, -0.05) is 38.1 Å². The molecule has 0 N–H and O–H groups in total. The van der Waals surface area contributed by atoms with Gasteiger partial charge >= 0.3 is 12.2 Å². The first kappa shape index (κ1) is 21.1. The highest BCUT2D eigenvalue weighted by molar-refractivity contribution is 5.89. The van der Waals surface area contributed by atoms with E-state index in [1.165, 1.54) is 13.8 Å². The molecule has 0 spiro atoms. The van der Waals surface area contributed by atoms with Gasteiger partial charge in [0.2, 0.25) is 0 Å². The second kappa shape index (κ2) is 7.82. The number of cyclic esters (lactones) is 1. The van der Waals surface area contributed by atoms with Gasteiger partial charge in [0.05, 0.1) is 6.04 Å². The van der Waals surface area contributed by atoms with Crippen molar-refractivity contribution in [2.24, 2.45) is 5.92 Å². The van der Waals surface area contributed by atoms with Crippen molar-refractivity contribution in [3.63, 3.8) is 0 Å². The van der Waals surface area contributed by atoms with Crippen LogP contribution in [0.15, 0.2) is 24.3 Å². The molecule has 27 heavy (non-hydrogen) atoms. The molecule has 1 unspecified atom stereocenters. The summed E-state index contributed by atoms with van der Waals surface area (Å²) in [7, 11) is 0. The van der Waals surface area contributed by atoms with Crippen molar-refractivity contribution < 1.29 is 27.8 Å². The number of nitrogens with zero attached hydrogens (tertiary/aromatic N) is 1. The Balaban J connectivity index is 2.05. The zero-order valence-electron chi connectivity index (χ0n) is 16.4. The van der Waals surface area contributed by atoms with Gasteiger partial charge < -0.3 is 9.47 Å². The largest absolute Gasteiger partial charge is 0.447 e. The molecule has 1 heterocycles. The fraction of sp³-hybridized carbons (Fsp3) is 0.600. The van der Waals surface area contributed by atoms with E-state index in [1.54, 1.807) is 45.0 Å². The van der Waals surface area contributed by atoms with E-state index in [0.717, 1.165) is 10.5 Å². The predicted octanol–water partition coefficient (Wildman–Crippen LogP) is 4.82. The van der Waals surface area contributed by atoms with Crippen molar-refractivity contribution in [2.45, 2.75) is 65.0 Å². The molecule has 0 aliphatic carbocycles. The van der Waals surface area contributed by atoms with E-state index >= 15 is 0 Å². The Morgan fingerprint density at radius 3 is 2.30 bits per heavy atom. The second-order valence-electron chi connectivity index (χ2n) is 8.19. The van der Waals surface area contributed by atoms with Gasteiger partial charge in [-0.15, -0.1) is 0 Å². The van der Waals surface area contributed by atoms with Gasteiger partial charge in [-0.2, -0.15) is 0 Å². The standard InChI is InChI=1S/C20H27F2NO4/c1-13(2)20(21,22)11-15-8-6-14(7-9-15)10-16-12-26-17(24)23(16)18(25)27-19(3,4)5/h6-9,13,16H,10-12H2,1-5H3. The molecule has 0 bridgehead atoms. The molecule has 1 fully saturated rings. The number of hydrogen-bond donors (Lipinski definition) is 0. The smallest absolute Gasteiger partial charge is 0.420 e. The van der Waals surface area contributed by atoms with Crippen LogP contribution >= 0.6 is 0 Å². The summed E-state index contributed by atoms with van der Waals surface area (Å²) < 4.78 is 38.0. The molecule has 7 heteroatoms. The number of imide groups is 1. The Morgan fingerprint density at radius 1 is 1.22 bits per heavy atom. The maximum Gasteiger partial charge on any atom is 0.420 e. The van der Waals surface area contributed by atoms with E-state index in [1.807, 2.05) is 0 Å². The molecule has 2 amide bonds. The van der Waals surface area contributed by atoms with Crippen LogP contribution in [0.25, 0.3) is 0 Å². The Hall–Kier alpha value is -2.18. The maximum absolute atomic E-state index is 13.9. The SMILES string of the molecule is CC(C)C(F)(F)Cc1ccc(CC2COC(=O)N2C(=O)OC(C)(C)C)cc1. The van der Waals surface area contributed by atoms with Crippen LogP contribution in [0.3, 0.4) is 0 Å². The minimum Gasteiger partial charge on any atom is -0.447 e. The van der Waals surface area contributed by atoms with E-state index in [2.05, 4.69) is 0 Å². The number of alkyl halides is 2. The fourth-order valence-electron chi connectivity index (χ4n) is 2.69. The summed E-state index contributed by atoms with van der Waals surface area (Å²) in [4.78, 5) is 25.1. The Morgan fingerprint density at radius 2 is 1.78 bits per heavy atom. The third-order valence-electron chi connectivity index (χ3n) is 4.33. The van der Waals surface area contributed by atoms with Gasteiger partial charge in [-0.05, 0) is 38.3 Å². The Kier molecular flexibility index (Phi) is 6.12. The molecule has 2 rings (SSSR count). The van der Waals surface area contributed by atoms with Crippen LogP contribution in [0.1, 0.15) is 45.7 Å². The number of amides is 2. The lowest BCUT2D eigenvalue weighted by Gasteiger charge is -2.25. The fourth-order valence-corrected chi connectivity index (χ4v) is 2.69. The minimum atomic E-state index is -2.76. The van der Waals surface area contributed by atoms with Gasteiger partial charge in [0, 0.05) is 12.3 Å². The zero-order chi connectivity index (χ0) is 20.4. The number of carbonyl (C=O) groups excluding carboxylic acids is 2. The molecule has 1 aromatic carbocycles. The average Bonchev–Trinajstić information content (AvgIpc) is 2.88. The van der Waals surface area contributed by atoms with Crippen molar-refractivity contribution in [3.8, 4) is 0 Å². The summed E-state index contributed by atoms with van der Waals surface area (Å²) >= 11 is 0. The van der Waals surface area contributed by atoms with Crippen molar-refractivity contribution in [3.05, 3.63) is 35.4 Å². The molecular formula is C20H27F2NO4. The average molecular weight is 383 g/mol. The molecule has 1 aliphatic heterocycles. The van der Waals surface area contributed by atoms with Crippen LogP contribution in [-0.2, 0) is 22.3 Å². The van der Waals surface area contributed by atoms with Crippen molar-refractivity contribution in [1.82, 2.24) is 4.90 Å². The van der Waals surface area contributed by atoms with Gasteiger partial charge in [-0.25, -0.2) is 23.3 Å². The second-order valence-corrected chi connectivity index (χ2v) is 8.19. The molecule has 1 atom stereocenters. The number of halogens is 2. The monoisotopic (exact) mass is 383 g/mol. The lowest BCUT2D eigenvalue weighted by molar-refractivity contribution is -0.0439. The van der Waals surface area contributed by atoms with Crippen molar-refractivity contribution in [2.75, 3.05) is 6.61 Å². The van der Waals surface area contributed by atoms with E-state index in [-0.39, 0.29) is 13.0 Å². The lowest BCUT2D eigenvalue weighted by atomic mass is 9.96. The first-order valence-corrected chi connectivity index (χ1v) is 9.03. The van der Waals surface area contributed by atoms with Crippen LogP contribution in [0.2, 0.25) is 0 Å². The molecular weight excluding hydrogens is 356 g/mol. The van der Waals surface area contributed by atoms with Crippen LogP contribution in [-0.4, -0.2) is 41.3 Å². The van der Waals surface area contributed by atoms with Crippen LogP contribution < -0.4 is 0 Å². The van der Waals surface area contributed by atoms with Gasteiger partial charge in [0.15, 0.2) is 0 Å². The molecule has 0 saturated carbocycles. The number of benzene rings is 1. The van der Waals surface area contributed by atoms with Crippen molar-refractivity contribution >= 4 is 12.2 Å². The van der Waals surface area contributed by atoms with Crippen LogP contribution in [0.4, 0.5) is 18.4 Å². The first-order chi connectivity index (χ1) is 12.4. The zero-order valence-corrected chi connectivity index (χ0v) is 16.4. The molecule has 1 aromatic rings.